The van der Waals surface area contributed by atoms with Gasteiger partial charge in [-0.2, -0.15) is 10.4 Å². The van der Waals surface area contributed by atoms with Crippen molar-refractivity contribution in [2.45, 2.75) is 13.5 Å². The number of nitrogens with zero attached hydrogens (tertiary/aromatic N) is 3. The molecule has 0 aliphatic carbocycles. The Balaban J connectivity index is 1.70. The van der Waals surface area contributed by atoms with Crippen molar-refractivity contribution in [1.82, 2.24) is 9.78 Å². The van der Waals surface area contributed by atoms with E-state index < -0.39 is 5.91 Å². The summed E-state index contributed by atoms with van der Waals surface area (Å²) in [6.45, 7) is 2.50. The molecule has 3 aromatic carbocycles. The van der Waals surface area contributed by atoms with Gasteiger partial charge < -0.3 is 5.32 Å². The van der Waals surface area contributed by atoms with Crippen LogP contribution in [0, 0.1) is 18.3 Å². The van der Waals surface area contributed by atoms with E-state index in [0.29, 0.717) is 17.8 Å². The number of nitriles is 1. The van der Waals surface area contributed by atoms with Crippen LogP contribution in [0.2, 0.25) is 0 Å². The smallest absolute Gasteiger partial charge is 0.266 e. The molecule has 0 saturated heterocycles. The average molecular weight is 419 g/mol. The molecule has 0 atom stereocenters. The predicted octanol–water partition coefficient (Wildman–Crippen LogP) is 5.45. The first-order valence-corrected chi connectivity index (χ1v) is 10.3. The topological polar surface area (TPSA) is 70.7 Å². The Bertz CT molecular complexity index is 1300. The van der Waals surface area contributed by atoms with E-state index in [1.165, 1.54) is 0 Å². The van der Waals surface area contributed by atoms with Gasteiger partial charge in [0.1, 0.15) is 11.6 Å². The first-order chi connectivity index (χ1) is 15.6. The summed E-state index contributed by atoms with van der Waals surface area (Å²) in [4.78, 5) is 12.8. The van der Waals surface area contributed by atoms with Crippen LogP contribution in [-0.2, 0) is 11.3 Å². The molecule has 5 heteroatoms. The van der Waals surface area contributed by atoms with E-state index >= 15 is 0 Å². The van der Waals surface area contributed by atoms with Crippen molar-refractivity contribution < 1.29 is 4.79 Å². The Morgan fingerprint density at radius 3 is 2.34 bits per heavy atom. The molecule has 4 rings (SSSR count). The zero-order valence-electron chi connectivity index (χ0n) is 17.7. The number of anilines is 1. The van der Waals surface area contributed by atoms with Crippen molar-refractivity contribution in [3.8, 4) is 17.3 Å². The molecule has 1 heterocycles. The van der Waals surface area contributed by atoms with E-state index in [2.05, 4.69) is 5.32 Å². The number of hydrogen-bond acceptors (Lipinski definition) is 3. The van der Waals surface area contributed by atoms with Gasteiger partial charge in [0.2, 0.25) is 0 Å². The molecule has 4 aromatic rings. The molecule has 0 saturated carbocycles. The second kappa shape index (κ2) is 9.59. The summed E-state index contributed by atoms with van der Waals surface area (Å²) in [5, 5.41) is 17.3. The van der Waals surface area contributed by atoms with E-state index in [4.69, 9.17) is 5.10 Å². The van der Waals surface area contributed by atoms with Gasteiger partial charge in [-0.3, -0.25) is 9.48 Å². The maximum absolute atomic E-state index is 12.8. The fourth-order valence-electron chi connectivity index (χ4n) is 3.42. The maximum atomic E-state index is 12.8. The van der Waals surface area contributed by atoms with E-state index in [-0.39, 0.29) is 5.57 Å². The molecule has 0 radical (unpaired) electrons. The van der Waals surface area contributed by atoms with Gasteiger partial charge in [-0.05, 0) is 30.2 Å². The summed E-state index contributed by atoms with van der Waals surface area (Å²) in [6.07, 6.45) is 3.47. The lowest BCUT2D eigenvalue weighted by molar-refractivity contribution is -0.112. The first kappa shape index (κ1) is 20.8. The molecule has 1 N–H and O–H groups in total. The normalized spacial score (nSPS) is 11.1. The second-order valence-corrected chi connectivity index (χ2v) is 7.42. The van der Waals surface area contributed by atoms with Crippen molar-refractivity contribution in [2.24, 2.45) is 0 Å². The largest absolute Gasteiger partial charge is 0.321 e. The molecular weight excluding hydrogens is 396 g/mol. The number of aryl methyl sites for hydroxylation is 1. The van der Waals surface area contributed by atoms with Crippen molar-refractivity contribution >= 4 is 17.7 Å². The van der Waals surface area contributed by atoms with Gasteiger partial charge in [-0.1, -0.05) is 78.9 Å². The van der Waals surface area contributed by atoms with Crippen molar-refractivity contribution in [2.75, 3.05) is 5.32 Å². The third-order valence-corrected chi connectivity index (χ3v) is 5.08. The Labute approximate surface area is 187 Å². The van der Waals surface area contributed by atoms with E-state index in [0.717, 1.165) is 22.4 Å². The Kier molecular flexibility index (Phi) is 6.24. The van der Waals surface area contributed by atoms with Crippen LogP contribution in [-0.4, -0.2) is 15.7 Å². The lowest BCUT2D eigenvalue weighted by Gasteiger charge is -2.07. The highest BCUT2D eigenvalue weighted by Crippen LogP contribution is 2.25. The fraction of sp³-hybridized carbons (Fsp3) is 0.0741. The number of aromatic nitrogens is 2. The minimum Gasteiger partial charge on any atom is -0.321 e. The SMILES string of the molecule is Cc1ccccc1NC(=O)C(C#N)=Cc1cn(Cc2ccccc2)nc1-c1ccccc1. The summed E-state index contributed by atoms with van der Waals surface area (Å²) in [5.74, 6) is -0.448. The summed E-state index contributed by atoms with van der Waals surface area (Å²) in [7, 11) is 0. The molecule has 32 heavy (non-hydrogen) atoms. The number of benzene rings is 3. The minimum atomic E-state index is -0.448. The van der Waals surface area contributed by atoms with Gasteiger partial charge in [-0.15, -0.1) is 0 Å². The lowest BCUT2D eigenvalue weighted by atomic mass is 10.1. The number of nitrogens with one attached hydrogen (secondary N) is 1. The van der Waals surface area contributed by atoms with Gasteiger partial charge in [0.15, 0.2) is 0 Å². The van der Waals surface area contributed by atoms with Crippen LogP contribution < -0.4 is 5.32 Å². The van der Waals surface area contributed by atoms with Crippen LogP contribution in [0.25, 0.3) is 17.3 Å². The van der Waals surface area contributed by atoms with Gasteiger partial charge in [0.25, 0.3) is 5.91 Å². The van der Waals surface area contributed by atoms with Gasteiger partial charge in [-0.25, -0.2) is 0 Å². The minimum absolute atomic E-state index is 0.0182. The third-order valence-electron chi connectivity index (χ3n) is 5.08. The molecule has 0 aliphatic heterocycles. The molecule has 0 spiro atoms. The summed E-state index contributed by atoms with van der Waals surface area (Å²) < 4.78 is 1.83. The van der Waals surface area contributed by atoms with Crippen molar-refractivity contribution in [3.05, 3.63) is 113 Å². The van der Waals surface area contributed by atoms with Crippen LogP contribution in [0.4, 0.5) is 5.69 Å². The summed E-state index contributed by atoms with van der Waals surface area (Å²) in [6, 6.07) is 29.3. The third kappa shape index (κ3) is 4.82. The van der Waals surface area contributed by atoms with Crippen LogP contribution in [0.3, 0.4) is 0 Å². The van der Waals surface area contributed by atoms with Gasteiger partial charge in [0, 0.05) is 23.0 Å². The number of rotatable bonds is 6. The van der Waals surface area contributed by atoms with Gasteiger partial charge >= 0.3 is 0 Å². The highest BCUT2D eigenvalue weighted by Gasteiger charge is 2.15. The predicted molar refractivity (Wildman–Crippen MR) is 127 cm³/mol. The summed E-state index contributed by atoms with van der Waals surface area (Å²) in [5.41, 5.74) is 5.09. The number of amides is 1. The molecule has 156 valence electrons. The molecule has 1 aromatic heterocycles. The molecule has 0 aliphatic rings. The number of carbonyl (C=O) groups is 1. The Hall–Kier alpha value is -4.43. The second-order valence-electron chi connectivity index (χ2n) is 7.42. The number of hydrogen-bond donors (Lipinski definition) is 1. The molecule has 0 fully saturated rings. The highest BCUT2D eigenvalue weighted by molar-refractivity contribution is 6.10. The van der Waals surface area contributed by atoms with Crippen molar-refractivity contribution in [3.63, 3.8) is 0 Å². The van der Waals surface area contributed by atoms with E-state index in [1.54, 1.807) is 6.08 Å². The average Bonchev–Trinajstić information content (AvgIpc) is 3.22. The molecule has 1 amide bonds. The highest BCUT2D eigenvalue weighted by atomic mass is 16.1. The molecule has 0 bridgehead atoms. The first-order valence-electron chi connectivity index (χ1n) is 10.3. The van der Waals surface area contributed by atoms with Gasteiger partial charge in [0.05, 0.1) is 12.2 Å². The summed E-state index contributed by atoms with van der Waals surface area (Å²) >= 11 is 0. The van der Waals surface area contributed by atoms with E-state index in [1.807, 2.05) is 109 Å². The maximum Gasteiger partial charge on any atom is 0.266 e. The van der Waals surface area contributed by atoms with Crippen molar-refractivity contribution in [1.29, 1.82) is 5.26 Å². The Morgan fingerprint density at radius 1 is 1.00 bits per heavy atom. The van der Waals surface area contributed by atoms with Crippen LogP contribution in [0.1, 0.15) is 16.7 Å². The fourth-order valence-corrected chi connectivity index (χ4v) is 3.42. The quantitative estimate of drug-likeness (QED) is 0.334. The monoisotopic (exact) mass is 418 g/mol. The Morgan fingerprint density at radius 2 is 1.66 bits per heavy atom. The zero-order chi connectivity index (χ0) is 22.3. The molecule has 0 unspecified atom stereocenters. The lowest BCUT2D eigenvalue weighted by Crippen LogP contribution is -2.14. The van der Waals surface area contributed by atoms with E-state index in [9.17, 15) is 10.1 Å². The number of para-hydroxylation sites is 1. The molecular formula is C27H22N4O. The standard InChI is InChI=1S/C27H22N4O/c1-20-10-8-9-15-25(20)29-27(32)23(17-28)16-24-19-31(18-21-11-4-2-5-12-21)30-26(24)22-13-6-3-7-14-22/h2-16,19H,18H2,1H3,(H,29,32). The van der Waals surface area contributed by atoms with Crippen LogP contribution >= 0.6 is 0 Å². The number of carbonyl (C=O) groups excluding carboxylic acids is 1. The van der Waals surface area contributed by atoms with Crippen LogP contribution in [0.5, 0.6) is 0 Å². The molecule has 5 nitrogen and oxygen atoms in total. The van der Waals surface area contributed by atoms with Crippen LogP contribution in [0.15, 0.2) is 96.7 Å². The zero-order valence-corrected chi connectivity index (χ0v) is 17.7.